The molecule has 0 bridgehead atoms. The van der Waals surface area contributed by atoms with Crippen LogP contribution >= 0.6 is 11.6 Å². The number of hydrogen-bond acceptors (Lipinski definition) is 4. The molecule has 2 aromatic rings. The smallest absolute Gasteiger partial charge is 0.255 e. The molecule has 0 saturated carbocycles. The Hall–Kier alpha value is -2.58. The van der Waals surface area contributed by atoms with Crippen molar-refractivity contribution in [3.05, 3.63) is 53.1 Å². The van der Waals surface area contributed by atoms with Crippen LogP contribution < -0.4 is 15.4 Å². The molecule has 0 unspecified atom stereocenters. The molecule has 0 saturated heterocycles. The van der Waals surface area contributed by atoms with Crippen molar-refractivity contribution in [3.63, 3.8) is 0 Å². The fourth-order valence-electron chi connectivity index (χ4n) is 2.03. The lowest BCUT2D eigenvalue weighted by molar-refractivity contribution is -0.114. The fraction of sp³-hybridized carbons (Fsp3) is 0.125. The number of hydrogen-bond donors (Lipinski definition) is 3. The minimum absolute atomic E-state index is 0.256. The van der Waals surface area contributed by atoms with Gasteiger partial charge in [-0.1, -0.05) is 17.7 Å². The first kappa shape index (κ1) is 18.8. The van der Waals surface area contributed by atoms with Crippen LogP contribution in [0, 0.1) is 0 Å². The topological polar surface area (TPSA) is 104 Å². The van der Waals surface area contributed by atoms with Crippen LogP contribution in [-0.2, 0) is 14.8 Å². The van der Waals surface area contributed by atoms with E-state index in [1.165, 1.54) is 25.1 Å². The van der Waals surface area contributed by atoms with Gasteiger partial charge in [-0.3, -0.25) is 14.3 Å². The van der Waals surface area contributed by atoms with Crippen molar-refractivity contribution in [1.29, 1.82) is 0 Å². The molecule has 0 radical (unpaired) electrons. The highest BCUT2D eigenvalue weighted by Gasteiger charge is 2.10. The lowest BCUT2D eigenvalue weighted by Gasteiger charge is -2.10. The van der Waals surface area contributed by atoms with Crippen molar-refractivity contribution >= 4 is 50.5 Å². The summed E-state index contributed by atoms with van der Waals surface area (Å²) in [7, 11) is -3.43. The van der Waals surface area contributed by atoms with Gasteiger partial charge in [0.05, 0.1) is 17.0 Å². The van der Waals surface area contributed by atoms with Gasteiger partial charge in [-0.2, -0.15) is 0 Å². The molecule has 3 N–H and O–H groups in total. The summed E-state index contributed by atoms with van der Waals surface area (Å²) in [5, 5.41) is 5.50. The number of carbonyl (C=O) groups excluding carboxylic acids is 2. The van der Waals surface area contributed by atoms with Crippen LogP contribution in [0.15, 0.2) is 42.5 Å². The van der Waals surface area contributed by atoms with Gasteiger partial charge in [0.25, 0.3) is 5.91 Å². The molecule has 0 atom stereocenters. The zero-order chi connectivity index (χ0) is 18.6. The number of amides is 2. The van der Waals surface area contributed by atoms with Crippen LogP contribution in [0.5, 0.6) is 0 Å². The predicted molar refractivity (Wildman–Crippen MR) is 98.6 cm³/mol. The summed E-state index contributed by atoms with van der Waals surface area (Å²) in [6.45, 7) is 1.36. The number of rotatable bonds is 5. The molecule has 132 valence electrons. The molecule has 0 aromatic heterocycles. The highest BCUT2D eigenvalue weighted by molar-refractivity contribution is 7.92. The fourth-order valence-corrected chi connectivity index (χ4v) is 2.81. The molecule has 9 heteroatoms. The second-order valence-corrected chi connectivity index (χ2v) is 7.44. The molecule has 7 nitrogen and oxygen atoms in total. The lowest BCUT2D eigenvalue weighted by Crippen LogP contribution is -2.14. The van der Waals surface area contributed by atoms with E-state index in [4.69, 9.17) is 11.6 Å². The summed E-state index contributed by atoms with van der Waals surface area (Å²) in [5.41, 5.74) is 1.43. The third-order valence-electron chi connectivity index (χ3n) is 2.97. The number of sulfonamides is 1. The molecule has 0 heterocycles. The van der Waals surface area contributed by atoms with Crippen LogP contribution in [0.4, 0.5) is 17.1 Å². The average molecular weight is 382 g/mol. The van der Waals surface area contributed by atoms with Crippen molar-refractivity contribution in [1.82, 2.24) is 0 Å². The number of anilines is 3. The van der Waals surface area contributed by atoms with Gasteiger partial charge in [-0.15, -0.1) is 0 Å². The van der Waals surface area contributed by atoms with Crippen LogP contribution in [-0.4, -0.2) is 26.5 Å². The second kappa shape index (κ2) is 7.54. The summed E-state index contributed by atoms with van der Waals surface area (Å²) >= 11 is 6.06. The molecule has 0 spiro atoms. The molecule has 25 heavy (non-hydrogen) atoms. The maximum atomic E-state index is 12.3. The SMILES string of the molecule is CC(=O)Nc1ccc(NC(=O)c2cccc(NS(C)(=O)=O)c2)cc1Cl. The van der Waals surface area contributed by atoms with E-state index in [1.807, 2.05) is 0 Å². The molecule has 0 aliphatic heterocycles. The van der Waals surface area contributed by atoms with E-state index in [0.717, 1.165) is 6.26 Å². The van der Waals surface area contributed by atoms with Crippen molar-refractivity contribution in [2.24, 2.45) is 0 Å². The number of halogens is 1. The van der Waals surface area contributed by atoms with Gasteiger partial charge in [-0.05, 0) is 36.4 Å². The molecule has 2 rings (SSSR count). The first-order chi connectivity index (χ1) is 11.6. The van der Waals surface area contributed by atoms with Gasteiger partial charge in [0.15, 0.2) is 0 Å². The van der Waals surface area contributed by atoms with E-state index in [0.29, 0.717) is 11.4 Å². The Morgan fingerprint density at radius 1 is 1.00 bits per heavy atom. The largest absolute Gasteiger partial charge is 0.325 e. The van der Waals surface area contributed by atoms with E-state index in [1.54, 1.807) is 24.3 Å². The molecule has 0 fully saturated rings. The van der Waals surface area contributed by atoms with Crippen molar-refractivity contribution in [3.8, 4) is 0 Å². The zero-order valence-corrected chi connectivity index (χ0v) is 15.0. The Morgan fingerprint density at radius 2 is 1.72 bits per heavy atom. The Labute approximate surface area is 150 Å². The second-order valence-electron chi connectivity index (χ2n) is 5.28. The minimum Gasteiger partial charge on any atom is -0.325 e. The molecule has 2 aromatic carbocycles. The Kier molecular flexibility index (Phi) is 5.66. The number of benzene rings is 2. The molecule has 0 aliphatic rings. The summed E-state index contributed by atoms with van der Waals surface area (Å²) in [5.74, 6) is -0.686. The van der Waals surface area contributed by atoms with Gasteiger partial charge < -0.3 is 10.6 Å². The van der Waals surface area contributed by atoms with E-state index in [9.17, 15) is 18.0 Å². The maximum Gasteiger partial charge on any atom is 0.255 e. The van der Waals surface area contributed by atoms with E-state index < -0.39 is 15.9 Å². The monoisotopic (exact) mass is 381 g/mol. The lowest BCUT2D eigenvalue weighted by atomic mass is 10.2. The van der Waals surface area contributed by atoms with Gasteiger partial charge >= 0.3 is 0 Å². The first-order valence-electron chi connectivity index (χ1n) is 7.10. The highest BCUT2D eigenvalue weighted by atomic mass is 35.5. The molecule has 2 amide bonds. The van der Waals surface area contributed by atoms with Gasteiger partial charge in [0, 0.05) is 23.9 Å². The van der Waals surface area contributed by atoms with Gasteiger partial charge in [-0.25, -0.2) is 8.42 Å². The van der Waals surface area contributed by atoms with Gasteiger partial charge in [0.1, 0.15) is 0 Å². The minimum atomic E-state index is -3.43. The van der Waals surface area contributed by atoms with Crippen LogP contribution in [0.2, 0.25) is 5.02 Å². The predicted octanol–water partition coefficient (Wildman–Crippen LogP) is 2.92. The van der Waals surface area contributed by atoms with Crippen LogP contribution in [0.1, 0.15) is 17.3 Å². The summed E-state index contributed by atoms with van der Waals surface area (Å²) in [4.78, 5) is 23.4. The van der Waals surface area contributed by atoms with E-state index in [2.05, 4.69) is 15.4 Å². The standard InChI is InChI=1S/C16H16ClN3O4S/c1-10(21)18-15-7-6-12(9-14(15)17)19-16(22)11-4-3-5-13(8-11)20-25(2,23)24/h3-9,20H,1-2H3,(H,18,21)(H,19,22). The summed E-state index contributed by atoms with van der Waals surface area (Å²) < 4.78 is 24.8. The Balaban J connectivity index is 2.16. The third-order valence-corrected chi connectivity index (χ3v) is 3.88. The molecule has 0 aliphatic carbocycles. The van der Waals surface area contributed by atoms with Crippen LogP contribution in [0.25, 0.3) is 0 Å². The number of nitrogens with one attached hydrogen (secondary N) is 3. The highest BCUT2D eigenvalue weighted by Crippen LogP contribution is 2.26. The van der Waals surface area contributed by atoms with Crippen molar-refractivity contribution < 1.29 is 18.0 Å². The first-order valence-corrected chi connectivity index (χ1v) is 9.37. The Bertz CT molecular complexity index is 929. The van der Waals surface area contributed by atoms with E-state index in [-0.39, 0.29) is 22.2 Å². The van der Waals surface area contributed by atoms with Gasteiger partial charge in [0.2, 0.25) is 15.9 Å². The van der Waals surface area contributed by atoms with Crippen molar-refractivity contribution in [2.75, 3.05) is 21.6 Å². The average Bonchev–Trinajstić information content (AvgIpc) is 2.48. The molecular weight excluding hydrogens is 366 g/mol. The molecular formula is C16H16ClN3O4S. The quantitative estimate of drug-likeness (QED) is 0.740. The third kappa shape index (κ3) is 5.77. The summed E-state index contributed by atoms with van der Waals surface area (Å²) in [6.07, 6.45) is 1.03. The maximum absolute atomic E-state index is 12.3. The summed E-state index contributed by atoms with van der Waals surface area (Å²) in [6, 6.07) is 10.7. The number of carbonyl (C=O) groups is 2. The zero-order valence-electron chi connectivity index (χ0n) is 13.5. The van der Waals surface area contributed by atoms with Crippen molar-refractivity contribution in [2.45, 2.75) is 6.92 Å². The normalized spacial score (nSPS) is 10.8. The Morgan fingerprint density at radius 3 is 2.32 bits per heavy atom. The van der Waals surface area contributed by atoms with E-state index >= 15 is 0 Å². The van der Waals surface area contributed by atoms with Crippen LogP contribution in [0.3, 0.4) is 0 Å².